The molecule has 6 heteroatoms. The molecule has 1 aliphatic heterocycles. The van der Waals surface area contributed by atoms with Gasteiger partial charge in [0.05, 0.1) is 18.9 Å². The minimum atomic E-state index is -0.166. The van der Waals surface area contributed by atoms with Crippen LogP contribution in [0.3, 0.4) is 0 Å². The molecule has 5 nitrogen and oxygen atoms in total. The van der Waals surface area contributed by atoms with E-state index in [1.54, 1.807) is 0 Å². The predicted octanol–water partition coefficient (Wildman–Crippen LogP) is 2.04. The van der Waals surface area contributed by atoms with Gasteiger partial charge in [0, 0.05) is 18.7 Å². The average molecular weight is 336 g/mol. The summed E-state index contributed by atoms with van der Waals surface area (Å²) >= 11 is 3.33. The molecule has 0 atom stereocenters. The van der Waals surface area contributed by atoms with Gasteiger partial charge in [0.2, 0.25) is 5.95 Å². The van der Waals surface area contributed by atoms with Crippen molar-refractivity contribution in [3.8, 4) is 11.3 Å². The van der Waals surface area contributed by atoms with Crippen molar-refractivity contribution in [2.24, 2.45) is 0 Å². The first-order valence-corrected chi connectivity index (χ1v) is 7.23. The van der Waals surface area contributed by atoms with Crippen molar-refractivity contribution in [3.63, 3.8) is 0 Å². The number of hydrogen-bond donors (Lipinski definition) is 1. The van der Waals surface area contributed by atoms with Crippen molar-refractivity contribution in [2.75, 3.05) is 31.2 Å². The highest BCUT2D eigenvalue weighted by Crippen LogP contribution is 2.24. The number of aromatic nitrogens is 2. The van der Waals surface area contributed by atoms with Crippen LogP contribution in [0.25, 0.3) is 11.3 Å². The molecule has 20 heavy (non-hydrogen) atoms. The molecule has 0 unspecified atom stereocenters. The van der Waals surface area contributed by atoms with Crippen molar-refractivity contribution in [1.29, 1.82) is 0 Å². The molecule has 1 aliphatic rings. The smallest absolute Gasteiger partial charge is 0.267 e. The first-order chi connectivity index (χ1) is 9.75. The van der Waals surface area contributed by atoms with Crippen LogP contribution in [0.5, 0.6) is 0 Å². The maximum Gasteiger partial charge on any atom is 0.267 e. The van der Waals surface area contributed by atoms with Gasteiger partial charge in [0.1, 0.15) is 4.47 Å². The number of H-pyrrole nitrogens is 1. The monoisotopic (exact) mass is 335 g/mol. The third-order valence-electron chi connectivity index (χ3n) is 3.21. The van der Waals surface area contributed by atoms with Crippen LogP contribution in [-0.2, 0) is 4.74 Å². The third kappa shape index (κ3) is 2.62. The Morgan fingerprint density at radius 2 is 1.90 bits per heavy atom. The highest BCUT2D eigenvalue weighted by molar-refractivity contribution is 9.10. The van der Waals surface area contributed by atoms with Gasteiger partial charge in [-0.25, -0.2) is 4.98 Å². The molecule has 2 heterocycles. The Bertz CT molecular complexity index is 651. The SMILES string of the molecule is O=c1[nH]c(N2CCOCC2)nc(-c2ccccc2)c1Br. The number of ether oxygens (including phenoxy) is 1. The fourth-order valence-corrected chi connectivity index (χ4v) is 2.58. The standard InChI is InChI=1S/C14H14BrN3O2/c15-11-12(10-4-2-1-3-5-10)16-14(17-13(11)19)18-6-8-20-9-7-18/h1-5H,6-9H2,(H,16,17,19). The largest absolute Gasteiger partial charge is 0.378 e. The first kappa shape index (κ1) is 13.3. The second-order valence-corrected chi connectivity index (χ2v) is 5.31. The lowest BCUT2D eigenvalue weighted by Crippen LogP contribution is -2.38. The fourth-order valence-electron chi connectivity index (χ4n) is 2.16. The molecular formula is C14H14BrN3O2. The van der Waals surface area contributed by atoms with Crippen LogP contribution in [0.15, 0.2) is 39.6 Å². The van der Waals surface area contributed by atoms with E-state index in [1.165, 1.54) is 0 Å². The number of rotatable bonds is 2. The molecule has 0 aliphatic carbocycles. The predicted molar refractivity (Wildman–Crippen MR) is 81.0 cm³/mol. The number of aromatic amines is 1. The molecule has 0 spiro atoms. The number of nitrogens with one attached hydrogen (secondary N) is 1. The summed E-state index contributed by atoms with van der Waals surface area (Å²) in [6.45, 7) is 2.78. The molecule has 0 saturated carbocycles. The normalized spacial score (nSPS) is 15.3. The average Bonchev–Trinajstić information content (AvgIpc) is 2.51. The van der Waals surface area contributed by atoms with Crippen LogP contribution in [-0.4, -0.2) is 36.3 Å². The van der Waals surface area contributed by atoms with E-state index in [0.29, 0.717) is 29.3 Å². The zero-order chi connectivity index (χ0) is 13.9. The summed E-state index contributed by atoms with van der Waals surface area (Å²) in [6, 6.07) is 9.68. The Kier molecular flexibility index (Phi) is 3.84. The molecule has 3 rings (SSSR count). The zero-order valence-electron chi connectivity index (χ0n) is 10.8. The van der Waals surface area contributed by atoms with Crippen molar-refractivity contribution < 1.29 is 4.74 Å². The van der Waals surface area contributed by atoms with Gasteiger partial charge >= 0.3 is 0 Å². The van der Waals surface area contributed by atoms with E-state index in [9.17, 15) is 4.79 Å². The van der Waals surface area contributed by atoms with Crippen molar-refractivity contribution >= 4 is 21.9 Å². The van der Waals surface area contributed by atoms with E-state index < -0.39 is 0 Å². The summed E-state index contributed by atoms with van der Waals surface area (Å²) in [5.41, 5.74) is 1.41. The maximum absolute atomic E-state index is 12.1. The van der Waals surface area contributed by atoms with Crippen molar-refractivity contribution in [3.05, 3.63) is 45.2 Å². The summed E-state index contributed by atoms with van der Waals surface area (Å²) in [5, 5.41) is 0. The number of anilines is 1. The molecule has 0 amide bonds. The lowest BCUT2D eigenvalue weighted by Gasteiger charge is -2.27. The summed E-state index contributed by atoms with van der Waals surface area (Å²) in [7, 11) is 0. The highest BCUT2D eigenvalue weighted by Gasteiger charge is 2.17. The lowest BCUT2D eigenvalue weighted by atomic mass is 10.1. The van der Waals surface area contributed by atoms with Gasteiger partial charge in [0.25, 0.3) is 5.56 Å². The minimum Gasteiger partial charge on any atom is -0.378 e. The topological polar surface area (TPSA) is 58.2 Å². The van der Waals surface area contributed by atoms with E-state index >= 15 is 0 Å². The molecule has 1 N–H and O–H groups in total. The quantitative estimate of drug-likeness (QED) is 0.912. The molecular weight excluding hydrogens is 322 g/mol. The van der Waals surface area contributed by atoms with Crippen LogP contribution in [0.1, 0.15) is 0 Å². The van der Waals surface area contributed by atoms with Gasteiger partial charge < -0.3 is 9.64 Å². The van der Waals surface area contributed by atoms with E-state index in [1.807, 2.05) is 35.2 Å². The number of benzene rings is 1. The third-order valence-corrected chi connectivity index (χ3v) is 3.94. The Balaban J connectivity index is 2.06. The lowest BCUT2D eigenvalue weighted by molar-refractivity contribution is 0.122. The Hall–Kier alpha value is -1.66. The molecule has 104 valence electrons. The Labute approximate surface area is 124 Å². The highest BCUT2D eigenvalue weighted by atomic mass is 79.9. The number of halogens is 1. The van der Waals surface area contributed by atoms with E-state index in [0.717, 1.165) is 18.7 Å². The maximum atomic E-state index is 12.1. The van der Waals surface area contributed by atoms with E-state index in [4.69, 9.17) is 4.74 Å². The molecule has 1 aromatic carbocycles. The first-order valence-electron chi connectivity index (χ1n) is 6.43. The number of hydrogen-bond acceptors (Lipinski definition) is 4. The van der Waals surface area contributed by atoms with Gasteiger partial charge in [-0.15, -0.1) is 0 Å². The molecule has 0 radical (unpaired) electrons. The van der Waals surface area contributed by atoms with Crippen LogP contribution in [0.2, 0.25) is 0 Å². The zero-order valence-corrected chi connectivity index (χ0v) is 12.4. The molecule has 1 aromatic heterocycles. The molecule has 2 aromatic rings. The van der Waals surface area contributed by atoms with Crippen LogP contribution in [0.4, 0.5) is 5.95 Å². The number of nitrogens with zero attached hydrogens (tertiary/aromatic N) is 2. The fraction of sp³-hybridized carbons (Fsp3) is 0.286. The molecule has 0 bridgehead atoms. The summed E-state index contributed by atoms with van der Waals surface area (Å²) in [5.74, 6) is 0.598. The van der Waals surface area contributed by atoms with Crippen LogP contribution >= 0.6 is 15.9 Å². The summed E-state index contributed by atoms with van der Waals surface area (Å²) in [6.07, 6.45) is 0. The van der Waals surface area contributed by atoms with Crippen molar-refractivity contribution in [1.82, 2.24) is 9.97 Å². The summed E-state index contributed by atoms with van der Waals surface area (Å²) < 4.78 is 5.78. The molecule has 1 fully saturated rings. The second kappa shape index (κ2) is 5.76. The van der Waals surface area contributed by atoms with Gasteiger partial charge in [-0.05, 0) is 15.9 Å². The summed E-state index contributed by atoms with van der Waals surface area (Å²) in [4.78, 5) is 21.5. The van der Waals surface area contributed by atoms with Gasteiger partial charge in [-0.2, -0.15) is 0 Å². The second-order valence-electron chi connectivity index (χ2n) is 4.52. The van der Waals surface area contributed by atoms with Crippen LogP contribution < -0.4 is 10.5 Å². The van der Waals surface area contributed by atoms with E-state index in [2.05, 4.69) is 25.9 Å². The van der Waals surface area contributed by atoms with Gasteiger partial charge in [0.15, 0.2) is 0 Å². The Morgan fingerprint density at radius 1 is 1.20 bits per heavy atom. The Morgan fingerprint density at radius 3 is 2.60 bits per heavy atom. The van der Waals surface area contributed by atoms with Crippen LogP contribution in [0, 0.1) is 0 Å². The van der Waals surface area contributed by atoms with Gasteiger partial charge in [-0.1, -0.05) is 30.3 Å². The van der Waals surface area contributed by atoms with E-state index in [-0.39, 0.29) is 5.56 Å². The minimum absolute atomic E-state index is 0.166. The molecule has 1 saturated heterocycles. The number of morpholine rings is 1. The van der Waals surface area contributed by atoms with Crippen molar-refractivity contribution in [2.45, 2.75) is 0 Å². The van der Waals surface area contributed by atoms with Gasteiger partial charge in [-0.3, -0.25) is 9.78 Å².